The maximum Gasteiger partial charge on any atom is 0.253 e. The Morgan fingerprint density at radius 3 is 3.00 bits per heavy atom. The summed E-state index contributed by atoms with van der Waals surface area (Å²) in [5, 5.41) is 3.35. The van der Waals surface area contributed by atoms with E-state index in [1.807, 2.05) is 0 Å². The van der Waals surface area contributed by atoms with E-state index in [0.717, 1.165) is 12.8 Å². The van der Waals surface area contributed by atoms with Crippen molar-refractivity contribution in [3.05, 3.63) is 34.9 Å². The van der Waals surface area contributed by atoms with Crippen LogP contribution in [0.5, 0.6) is 0 Å². The summed E-state index contributed by atoms with van der Waals surface area (Å²) in [5.41, 5.74) is 0.510. The minimum absolute atomic E-state index is 0.0932. The van der Waals surface area contributed by atoms with Gasteiger partial charge in [0.05, 0.1) is 10.6 Å². The Bertz CT molecular complexity index is 333. The van der Waals surface area contributed by atoms with Crippen LogP contribution >= 0.6 is 11.6 Å². The zero-order valence-corrected chi connectivity index (χ0v) is 7.77. The van der Waals surface area contributed by atoms with E-state index in [1.54, 1.807) is 18.2 Å². The van der Waals surface area contributed by atoms with Gasteiger partial charge < -0.3 is 5.32 Å². The minimum Gasteiger partial charge on any atom is -0.349 e. The molecular weight excluding hydrogens is 186 g/mol. The Kier molecular flexibility index (Phi) is 2.23. The van der Waals surface area contributed by atoms with Gasteiger partial charge in [0.15, 0.2) is 0 Å². The van der Waals surface area contributed by atoms with Gasteiger partial charge >= 0.3 is 0 Å². The molecule has 1 amide bonds. The first-order chi connectivity index (χ1) is 6.27. The van der Waals surface area contributed by atoms with Gasteiger partial charge in [0.25, 0.3) is 5.91 Å². The Hall–Kier alpha value is -1.02. The van der Waals surface area contributed by atoms with Crippen molar-refractivity contribution in [2.24, 2.45) is 0 Å². The average Bonchev–Trinajstić information content (AvgIpc) is 2.89. The van der Waals surface area contributed by atoms with Crippen LogP contribution in [0, 0.1) is 6.07 Å². The Balaban J connectivity index is 2.13. The lowest BCUT2D eigenvalue weighted by molar-refractivity contribution is 0.0951. The van der Waals surface area contributed by atoms with Crippen molar-refractivity contribution in [1.82, 2.24) is 5.32 Å². The Morgan fingerprint density at radius 1 is 1.62 bits per heavy atom. The highest BCUT2D eigenvalue weighted by atomic mass is 35.5. The molecular formula is C10H9ClNO. The van der Waals surface area contributed by atoms with Crippen LogP contribution < -0.4 is 5.32 Å². The van der Waals surface area contributed by atoms with E-state index in [4.69, 9.17) is 11.6 Å². The molecule has 13 heavy (non-hydrogen) atoms. The summed E-state index contributed by atoms with van der Waals surface area (Å²) in [7, 11) is 0. The number of rotatable bonds is 2. The van der Waals surface area contributed by atoms with Gasteiger partial charge in [0.1, 0.15) is 0 Å². The predicted octanol–water partition coefficient (Wildman–Crippen LogP) is 2.03. The lowest BCUT2D eigenvalue weighted by Crippen LogP contribution is -2.25. The summed E-state index contributed by atoms with van der Waals surface area (Å²) in [6.45, 7) is 0. The average molecular weight is 195 g/mol. The smallest absolute Gasteiger partial charge is 0.253 e. The van der Waals surface area contributed by atoms with Crippen LogP contribution in [0.4, 0.5) is 0 Å². The van der Waals surface area contributed by atoms with Gasteiger partial charge in [-0.1, -0.05) is 17.7 Å². The minimum atomic E-state index is -0.0932. The molecule has 0 saturated heterocycles. The lowest BCUT2D eigenvalue weighted by atomic mass is 10.2. The van der Waals surface area contributed by atoms with Crippen molar-refractivity contribution in [3.8, 4) is 0 Å². The highest BCUT2D eigenvalue weighted by Gasteiger charge is 2.24. The second kappa shape index (κ2) is 3.38. The molecule has 0 bridgehead atoms. The Morgan fingerprint density at radius 2 is 2.38 bits per heavy atom. The quantitative estimate of drug-likeness (QED) is 0.767. The number of hydrogen-bond donors (Lipinski definition) is 1. The Labute approximate surface area is 81.9 Å². The number of hydrogen-bond acceptors (Lipinski definition) is 1. The molecule has 1 aromatic carbocycles. The standard InChI is InChI=1S/C10H9ClNO/c11-9-4-2-1-3-8(9)10(13)12-7-5-6-7/h2-4,7H,5-6H2,(H,12,13). The summed E-state index contributed by atoms with van der Waals surface area (Å²) in [6.07, 6.45) is 2.17. The van der Waals surface area contributed by atoms with Crippen LogP contribution in [0.15, 0.2) is 18.2 Å². The fraction of sp³-hybridized carbons (Fsp3) is 0.300. The van der Waals surface area contributed by atoms with Crippen molar-refractivity contribution in [3.63, 3.8) is 0 Å². The molecule has 0 spiro atoms. The number of carbonyl (C=O) groups is 1. The molecule has 0 aliphatic heterocycles. The number of halogens is 1. The second-order valence-corrected chi connectivity index (χ2v) is 3.56. The number of benzene rings is 1. The van der Waals surface area contributed by atoms with E-state index in [9.17, 15) is 4.79 Å². The van der Waals surface area contributed by atoms with E-state index in [2.05, 4.69) is 11.4 Å². The molecule has 1 N–H and O–H groups in total. The summed E-state index contributed by atoms with van der Waals surface area (Å²) >= 11 is 5.84. The van der Waals surface area contributed by atoms with Crippen molar-refractivity contribution in [2.45, 2.75) is 18.9 Å². The summed E-state index contributed by atoms with van der Waals surface area (Å²) < 4.78 is 0. The van der Waals surface area contributed by atoms with Crippen LogP contribution in [0.25, 0.3) is 0 Å². The zero-order chi connectivity index (χ0) is 9.26. The van der Waals surface area contributed by atoms with Crippen molar-refractivity contribution in [2.75, 3.05) is 0 Å². The molecule has 1 aliphatic rings. The first-order valence-electron chi connectivity index (χ1n) is 4.24. The topological polar surface area (TPSA) is 29.1 Å². The first-order valence-corrected chi connectivity index (χ1v) is 4.61. The molecule has 67 valence electrons. The van der Waals surface area contributed by atoms with Gasteiger partial charge in [-0.2, -0.15) is 0 Å². The zero-order valence-electron chi connectivity index (χ0n) is 7.01. The normalized spacial score (nSPS) is 15.5. The molecule has 1 aromatic rings. The second-order valence-electron chi connectivity index (χ2n) is 3.15. The first kappa shape index (κ1) is 8.57. The van der Waals surface area contributed by atoms with Crippen molar-refractivity contribution >= 4 is 17.5 Å². The fourth-order valence-corrected chi connectivity index (χ4v) is 1.28. The third-order valence-corrected chi connectivity index (χ3v) is 2.30. The van der Waals surface area contributed by atoms with Gasteiger partial charge in [0, 0.05) is 6.04 Å². The van der Waals surface area contributed by atoms with Crippen LogP contribution in [-0.4, -0.2) is 11.9 Å². The molecule has 2 nitrogen and oxygen atoms in total. The monoisotopic (exact) mass is 194 g/mol. The molecule has 0 unspecified atom stereocenters. The third kappa shape index (κ3) is 2.01. The number of carbonyl (C=O) groups excluding carboxylic acids is 1. The van der Waals surface area contributed by atoms with E-state index in [0.29, 0.717) is 16.6 Å². The van der Waals surface area contributed by atoms with Gasteiger partial charge in [-0.05, 0) is 31.0 Å². The number of nitrogens with one attached hydrogen (secondary N) is 1. The predicted molar refractivity (Wildman–Crippen MR) is 50.8 cm³/mol. The molecule has 0 atom stereocenters. The molecule has 0 heterocycles. The highest BCUT2D eigenvalue weighted by Crippen LogP contribution is 2.21. The third-order valence-electron chi connectivity index (χ3n) is 1.97. The van der Waals surface area contributed by atoms with Gasteiger partial charge in [-0.15, -0.1) is 0 Å². The van der Waals surface area contributed by atoms with Crippen LogP contribution in [-0.2, 0) is 0 Å². The largest absolute Gasteiger partial charge is 0.349 e. The van der Waals surface area contributed by atoms with Crippen LogP contribution in [0.3, 0.4) is 0 Å². The molecule has 1 saturated carbocycles. The molecule has 1 aliphatic carbocycles. The summed E-state index contributed by atoms with van der Waals surface area (Å²) in [4.78, 5) is 11.5. The maximum absolute atomic E-state index is 11.5. The molecule has 1 fully saturated rings. The molecule has 1 radical (unpaired) electrons. The van der Waals surface area contributed by atoms with Crippen LogP contribution in [0.2, 0.25) is 5.02 Å². The van der Waals surface area contributed by atoms with E-state index in [-0.39, 0.29) is 5.91 Å². The number of amides is 1. The fourth-order valence-electron chi connectivity index (χ4n) is 1.08. The maximum atomic E-state index is 11.5. The highest BCUT2D eigenvalue weighted by molar-refractivity contribution is 6.33. The van der Waals surface area contributed by atoms with Gasteiger partial charge in [0.2, 0.25) is 0 Å². The molecule has 3 heteroatoms. The van der Waals surface area contributed by atoms with Gasteiger partial charge in [-0.25, -0.2) is 0 Å². The van der Waals surface area contributed by atoms with E-state index in [1.165, 1.54) is 0 Å². The molecule has 2 rings (SSSR count). The van der Waals surface area contributed by atoms with Crippen molar-refractivity contribution in [1.29, 1.82) is 0 Å². The summed E-state index contributed by atoms with van der Waals surface area (Å²) in [5.74, 6) is -0.0932. The van der Waals surface area contributed by atoms with E-state index < -0.39 is 0 Å². The van der Waals surface area contributed by atoms with Gasteiger partial charge in [-0.3, -0.25) is 4.79 Å². The van der Waals surface area contributed by atoms with E-state index >= 15 is 0 Å². The molecule has 0 aromatic heterocycles. The summed E-state index contributed by atoms with van der Waals surface area (Å²) in [6, 6.07) is 8.17. The van der Waals surface area contributed by atoms with Crippen LogP contribution in [0.1, 0.15) is 23.2 Å². The van der Waals surface area contributed by atoms with Crippen molar-refractivity contribution < 1.29 is 4.79 Å². The lowest BCUT2D eigenvalue weighted by Gasteiger charge is -2.03. The SMILES string of the molecule is O=C(NC1CC1)c1c[c]ccc1Cl.